The molecule has 1 atom stereocenters. The molecule has 0 aromatic heterocycles. The molecular weight excluding hydrogens is 376 g/mol. The Kier molecular flexibility index (Phi) is 7.18. The highest BCUT2D eigenvalue weighted by atomic mass is 35.5. The summed E-state index contributed by atoms with van der Waals surface area (Å²) in [7, 11) is 1.67. The molecule has 0 bridgehead atoms. The Balaban J connectivity index is 1.52. The summed E-state index contributed by atoms with van der Waals surface area (Å²) in [4.78, 5) is 17.1. The van der Waals surface area contributed by atoms with E-state index in [1.54, 1.807) is 26.2 Å². The van der Waals surface area contributed by atoms with Gasteiger partial charge in [0.2, 0.25) is 0 Å². The lowest BCUT2D eigenvalue weighted by atomic mass is 10.2. The molecule has 28 heavy (non-hydrogen) atoms. The van der Waals surface area contributed by atoms with Crippen molar-refractivity contribution >= 4 is 17.5 Å². The van der Waals surface area contributed by atoms with Gasteiger partial charge in [0, 0.05) is 37.7 Å². The van der Waals surface area contributed by atoms with Gasteiger partial charge >= 0.3 is 0 Å². The Morgan fingerprint density at radius 2 is 1.86 bits per heavy atom. The van der Waals surface area contributed by atoms with E-state index >= 15 is 0 Å². The first-order chi connectivity index (χ1) is 13.5. The lowest BCUT2D eigenvalue weighted by Crippen LogP contribution is -2.42. The van der Waals surface area contributed by atoms with Gasteiger partial charge in [-0.25, -0.2) is 0 Å². The molecule has 1 aliphatic rings. The molecule has 0 saturated carbocycles. The number of methoxy groups -OCH3 is 1. The summed E-state index contributed by atoms with van der Waals surface area (Å²) in [6, 6.07) is 15.3. The maximum atomic E-state index is 12.8. The van der Waals surface area contributed by atoms with Crippen molar-refractivity contribution in [2.75, 3.05) is 33.3 Å². The number of rotatable bonds is 6. The van der Waals surface area contributed by atoms with Gasteiger partial charge in [-0.15, -0.1) is 0 Å². The molecular formula is C22H27ClN2O3. The van der Waals surface area contributed by atoms with Gasteiger partial charge in [0.1, 0.15) is 11.5 Å². The van der Waals surface area contributed by atoms with Gasteiger partial charge in [0.15, 0.2) is 6.10 Å². The van der Waals surface area contributed by atoms with Crippen LogP contribution >= 0.6 is 11.6 Å². The number of carbonyl (C=O) groups excluding carboxylic acids is 1. The van der Waals surface area contributed by atoms with Crippen LogP contribution in [0.4, 0.5) is 0 Å². The average molecular weight is 403 g/mol. The topological polar surface area (TPSA) is 42.0 Å². The van der Waals surface area contributed by atoms with E-state index in [4.69, 9.17) is 21.1 Å². The Hall–Kier alpha value is -2.24. The van der Waals surface area contributed by atoms with Crippen LogP contribution < -0.4 is 9.47 Å². The van der Waals surface area contributed by atoms with Crippen LogP contribution in [0.3, 0.4) is 0 Å². The average Bonchev–Trinajstić information content (AvgIpc) is 2.93. The summed E-state index contributed by atoms with van der Waals surface area (Å²) < 4.78 is 11.0. The molecule has 2 aromatic rings. The Labute approximate surface area is 171 Å². The third-order valence-electron chi connectivity index (χ3n) is 4.92. The van der Waals surface area contributed by atoms with Gasteiger partial charge in [-0.05, 0) is 49.2 Å². The molecule has 1 heterocycles. The SMILES string of the molecule is COc1ccc(CN2CCCN(C(=O)C(C)Oc3cccc(Cl)c3)CC2)cc1. The number of nitrogens with zero attached hydrogens (tertiary/aromatic N) is 2. The third-order valence-corrected chi connectivity index (χ3v) is 5.16. The fourth-order valence-electron chi connectivity index (χ4n) is 3.39. The highest BCUT2D eigenvalue weighted by molar-refractivity contribution is 6.30. The van der Waals surface area contributed by atoms with E-state index in [-0.39, 0.29) is 5.91 Å². The molecule has 1 saturated heterocycles. The van der Waals surface area contributed by atoms with E-state index in [2.05, 4.69) is 17.0 Å². The molecule has 0 aliphatic carbocycles. The summed E-state index contributed by atoms with van der Waals surface area (Å²) in [6.45, 7) is 5.95. The van der Waals surface area contributed by atoms with Crippen molar-refractivity contribution in [1.29, 1.82) is 0 Å². The monoisotopic (exact) mass is 402 g/mol. The second kappa shape index (κ2) is 9.80. The van der Waals surface area contributed by atoms with E-state index < -0.39 is 6.10 Å². The zero-order valence-electron chi connectivity index (χ0n) is 16.4. The van der Waals surface area contributed by atoms with Crippen LogP contribution in [0.15, 0.2) is 48.5 Å². The number of halogens is 1. The minimum atomic E-state index is -0.536. The second-order valence-electron chi connectivity index (χ2n) is 7.02. The van der Waals surface area contributed by atoms with Crippen LogP contribution in [-0.2, 0) is 11.3 Å². The number of amides is 1. The first-order valence-corrected chi connectivity index (χ1v) is 9.99. The molecule has 1 amide bonds. The molecule has 0 spiro atoms. The molecule has 0 radical (unpaired) electrons. The highest BCUT2D eigenvalue weighted by Gasteiger charge is 2.24. The highest BCUT2D eigenvalue weighted by Crippen LogP contribution is 2.19. The third kappa shape index (κ3) is 5.63. The standard InChI is InChI=1S/C22H27ClN2O3/c1-17(28-21-6-3-5-19(23)15-21)22(26)25-12-4-11-24(13-14-25)16-18-7-9-20(27-2)10-8-18/h3,5-10,15,17H,4,11-14,16H2,1-2H3. The predicted octanol–water partition coefficient (Wildman–Crippen LogP) is 3.85. The van der Waals surface area contributed by atoms with E-state index in [0.29, 0.717) is 17.3 Å². The van der Waals surface area contributed by atoms with Crippen LogP contribution in [-0.4, -0.2) is 55.1 Å². The van der Waals surface area contributed by atoms with Gasteiger partial charge in [-0.1, -0.05) is 29.8 Å². The van der Waals surface area contributed by atoms with Crippen LogP contribution in [0.25, 0.3) is 0 Å². The summed E-state index contributed by atoms with van der Waals surface area (Å²) in [6.07, 6.45) is 0.415. The second-order valence-corrected chi connectivity index (χ2v) is 7.46. The van der Waals surface area contributed by atoms with Gasteiger partial charge in [0.05, 0.1) is 7.11 Å². The van der Waals surface area contributed by atoms with Crippen molar-refractivity contribution in [3.05, 3.63) is 59.1 Å². The van der Waals surface area contributed by atoms with Crippen LogP contribution in [0.5, 0.6) is 11.5 Å². The van der Waals surface area contributed by atoms with Gasteiger partial charge in [-0.2, -0.15) is 0 Å². The molecule has 1 unspecified atom stereocenters. The maximum Gasteiger partial charge on any atom is 0.263 e. The van der Waals surface area contributed by atoms with Gasteiger partial charge < -0.3 is 14.4 Å². The Morgan fingerprint density at radius 1 is 1.07 bits per heavy atom. The Bertz CT molecular complexity index is 782. The molecule has 1 aliphatic heterocycles. The van der Waals surface area contributed by atoms with Crippen LogP contribution in [0.1, 0.15) is 18.9 Å². The summed E-state index contributed by atoms with van der Waals surface area (Å²) in [5.74, 6) is 1.50. The largest absolute Gasteiger partial charge is 0.497 e. The van der Waals surface area contributed by atoms with E-state index in [1.165, 1.54) is 5.56 Å². The minimum Gasteiger partial charge on any atom is -0.497 e. The molecule has 2 aromatic carbocycles. The van der Waals surface area contributed by atoms with Crippen molar-refractivity contribution in [2.24, 2.45) is 0 Å². The number of hydrogen-bond acceptors (Lipinski definition) is 4. The van der Waals surface area contributed by atoms with Crippen molar-refractivity contribution in [3.8, 4) is 11.5 Å². The molecule has 3 rings (SSSR count). The summed E-state index contributed by atoms with van der Waals surface area (Å²) in [5.41, 5.74) is 1.25. The zero-order valence-corrected chi connectivity index (χ0v) is 17.2. The molecule has 1 fully saturated rings. The zero-order chi connectivity index (χ0) is 19.9. The quantitative estimate of drug-likeness (QED) is 0.736. The normalized spacial score (nSPS) is 16.3. The fourth-order valence-corrected chi connectivity index (χ4v) is 3.57. The van der Waals surface area contributed by atoms with Gasteiger partial charge in [0.25, 0.3) is 5.91 Å². The number of hydrogen-bond donors (Lipinski definition) is 0. The van der Waals surface area contributed by atoms with Crippen molar-refractivity contribution in [2.45, 2.75) is 26.0 Å². The molecule has 6 heteroatoms. The number of ether oxygens (including phenoxy) is 2. The van der Waals surface area contributed by atoms with Crippen LogP contribution in [0, 0.1) is 0 Å². The summed E-state index contributed by atoms with van der Waals surface area (Å²) >= 11 is 5.99. The maximum absolute atomic E-state index is 12.8. The van der Waals surface area contributed by atoms with E-state index in [1.807, 2.05) is 29.2 Å². The molecule has 5 nitrogen and oxygen atoms in total. The predicted molar refractivity (Wildman–Crippen MR) is 111 cm³/mol. The van der Waals surface area contributed by atoms with E-state index in [0.717, 1.165) is 38.3 Å². The van der Waals surface area contributed by atoms with Crippen molar-refractivity contribution in [1.82, 2.24) is 9.80 Å². The van der Waals surface area contributed by atoms with Gasteiger partial charge in [-0.3, -0.25) is 9.69 Å². The Morgan fingerprint density at radius 3 is 2.57 bits per heavy atom. The lowest BCUT2D eigenvalue weighted by molar-refractivity contribution is -0.137. The molecule has 0 N–H and O–H groups in total. The number of benzene rings is 2. The smallest absolute Gasteiger partial charge is 0.263 e. The molecule has 150 valence electrons. The fraction of sp³-hybridized carbons (Fsp3) is 0.409. The van der Waals surface area contributed by atoms with Crippen molar-refractivity contribution in [3.63, 3.8) is 0 Å². The minimum absolute atomic E-state index is 0.0197. The van der Waals surface area contributed by atoms with Crippen molar-refractivity contribution < 1.29 is 14.3 Å². The number of carbonyl (C=O) groups is 1. The lowest BCUT2D eigenvalue weighted by Gasteiger charge is -2.25. The van der Waals surface area contributed by atoms with E-state index in [9.17, 15) is 4.79 Å². The first-order valence-electron chi connectivity index (χ1n) is 9.61. The van der Waals surface area contributed by atoms with Crippen LogP contribution in [0.2, 0.25) is 5.02 Å². The summed E-state index contributed by atoms with van der Waals surface area (Å²) in [5, 5.41) is 0.598. The first kappa shape index (κ1) is 20.5.